The van der Waals surface area contributed by atoms with Gasteiger partial charge in [0.15, 0.2) is 6.29 Å². The van der Waals surface area contributed by atoms with Gasteiger partial charge in [-0.2, -0.15) is 0 Å². The summed E-state index contributed by atoms with van der Waals surface area (Å²) < 4.78 is 11.3. The van der Waals surface area contributed by atoms with Gasteiger partial charge in [0, 0.05) is 6.42 Å². The number of amides is 1. The minimum absolute atomic E-state index is 0.170. The Kier molecular flexibility index (Phi) is 43.5. The number of hydrogen-bond donors (Lipinski definition) is 6. The number of aliphatic hydroxyl groups excluding tert-OH is 5. The van der Waals surface area contributed by atoms with E-state index < -0.39 is 49.5 Å². The number of carbonyl (C=O) groups is 1. The molecule has 9 heteroatoms. The van der Waals surface area contributed by atoms with Gasteiger partial charge in [-0.15, -0.1) is 0 Å². The van der Waals surface area contributed by atoms with E-state index in [9.17, 15) is 30.3 Å². The third kappa shape index (κ3) is 35.1. The Bertz CT molecular complexity index is 1010. The summed E-state index contributed by atoms with van der Waals surface area (Å²) in [6, 6.07) is -0.800. The lowest BCUT2D eigenvalue weighted by Crippen LogP contribution is -2.60. The highest BCUT2D eigenvalue weighted by molar-refractivity contribution is 5.76. The van der Waals surface area contributed by atoms with Gasteiger partial charge < -0.3 is 40.3 Å². The molecule has 0 spiro atoms. The van der Waals surface area contributed by atoms with Gasteiger partial charge in [-0.1, -0.05) is 264 Å². The van der Waals surface area contributed by atoms with Crippen LogP contribution in [-0.4, -0.2) is 87.5 Å². The summed E-state index contributed by atoms with van der Waals surface area (Å²) in [6.07, 6.45) is 48.4. The normalized spacial score (nSPS) is 20.0. The molecule has 6 N–H and O–H groups in total. The summed E-state index contributed by atoms with van der Waals surface area (Å²) in [7, 11) is 0. The molecule has 0 radical (unpaired) electrons. The molecule has 1 fully saturated rings. The summed E-state index contributed by atoms with van der Waals surface area (Å²) in [6.45, 7) is 3.82. The first-order valence-electron chi connectivity index (χ1n) is 27.9. The van der Waals surface area contributed by atoms with Crippen LogP contribution in [0, 0.1) is 0 Å². The SMILES string of the molecule is CCCCCCCCCCCCCCCCCCC/C=C/C(O)C(COC1OC(CO)C(O)C(O)C1O)NC(=O)CCCCCCCCCCCCCCCCCCCCCCCC. The largest absolute Gasteiger partial charge is 0.394 e. The number of hydrogen-bond acceptors (Lipinski definition) is 8. The van der Waals surface area contributed by atoms with E-state index in [-0.39, 0.29) is 12.5 Å². The number of carbonyl (C=O) groups excluding carboxylic acids is 1. The van der Waals surface area contributed by atoms with E-state index in [0.717, 1.165) is 38.5 Å². The molecule has 0 aliphatic carbocycles. The number of unbranched alkanes of at least 4 members (excludes halogenated alkanes) is 38. The molecular formula is C55H107NO8. The zero-order valence-corrected chi connectivity index (χ0v) is 42.1. The number of allylic oxidation sites excluding steroid dienone is 1. The van der Waals surface area contributed by atoms with Crippen LogP contribution in [-0.2, 0) is 14.3 Å². The molecule has 0 aromatic carbocycles. The van der Waals surface area contributed by atoms with Gasteiger partial charge in [0.1, 0.15) is 24.4 Å². The van der Waals surface area contributed by atoms with Crippen molar-refractivity contribution in [3.05, 3.63) is 12.2 Å². The number of rotatable bonds is 48. The van der Waals surface area contributed by atoms with Gasteiger partial charge in [-0.25, -0.2) is 0 Å². The van der Waals surface area contributed by atoms with E-state index in [1.807, 2.05) is 6.08 Å². The fraction of sp³-hybridized carbons (Fsp3) is 0.945. The summed E-state index contributed by atoms with van der Waals surface area (Å²) >= 11 is 0. The maximum atomic E-state index is 13.0. The van der Waals surface area contributed by atoms with Gasteiger partial charge in [0.05, 0.1) is 25.4 Å². The van der Waals surface area contributed by atoms with Crippen molar-refractivity contribution in [2.24, 2.45) is 0 Å². The van der Waals surface area contributed by atoms with Crippen LogP contribution in [0.3, 0.4) is 0 Å². The molecule has 64 heavy (non-hydrogen) atoms. The Labute approximate surface area is 395 Å². The first kappa shape index (κ1) is 60.9. The molecule has 380 valence electrons. The second kappa shape index (κ2) is 45.7. The van der Waals surface area contributed by atoms with Crippen LogP contribution in [0.15, 0.2) is 12.2 Å². The minimum atomic E-state index is -1.56. The summed E-state index contributed by atoms with van der Waals surface area (Å²) in [4.78, 5) is 13.0. The third-order valence-electron chi connectivity index (χ3n) is 13.6. The second-order valence-electron chi connectivity index (χ2n) is 19.7. The Morgan fingerprint density at radius 1 is 0.516 bits per heavy atom. The van der Waals surface area contributed by atoms with Crippen LogP contribution >= 0.6 is 0 Å². The van der Waals surface area contributed by atoms with E-state index in [4.69, 9.17) is 9.47 Å². The fourth-order valence-corrected chi connectivity index (χ4v) is 9.16. The lowest BCUT2D eigenvalue weighted by molar-refractivity contribution is -0.302. The smallest absolute Gasteiger partial charge is 0.220 e. The average molecular weight is 910 g/mol. The van der Waals surface area contributed by atoms with Gasteiger partial charge >= 0.3 is 0 Å². The monoisotopic (exact) mass is 910 g/mol. The Morgan fingerprint density at radius 3 is 1.22 bits per heavy atom. The van der Waals surface area contributed by atoms with E-state index in [1.54, 1.807) is 6.08 Å². The quantitative estimate of drug-likeness (QED) is 0.0261. The second-order valence-corrected chi connectivity index (χ2v) is 19.7. The zero-order valence-electron chi connectivity index (χ0n) is 42.1. The molecular weight excluding hydrogens is 803 g/mol. The van der Waals surface area contributed by atoms with Gasteiger partial charge in [-0.3, -0.25) is 4.79 Å². The molecule has 1 aliphatic rings. The van der Waals surface area contributed by atoms with Crippen molar-refractivity contribution in [3.8, 4) is 0 Å². The van der Waals surface area contributed by atoms with Crippen molar-refractivity contribution < 1.29 is 39.8 Å². The Morgan fingerprint density at radius 2 is 0.859 bits per heavy atom. The van der Waals surface area contributed by atoms with Crippen LogP contribution in [0.4, 0.5) is 0 Å². The first-order chi connectivity index (χ1) is 31.3. The predicted molar refractivity (Wildman–Crippen MR) is 267 cm³/mol. The molecule has 0 aromatic heterocycles. The van der Waals surface area contributed by atoms with Crippen LogP contribution in [0.25, 0.3) is 0 Å². The molecule has 1 heterocycles. The number of nitrogens with one attached hydrogen (secondary N) is 1. The maximum absolute atomic E-state index is 13.0. The van der Waals surface area contributed by atoms with Crippen LogP contribution in [0.5, 0.6) is 0 Å². The number of aliphatic hydroxyl groups is 5. The lowest BCUT2D eigenvalue weighted by Gasteiger charge is -2.40. The van der Waals surface area contributed by atoms with Crippen molar-refractivity contribution in [2.75, 3.05) is 13.2 Å². The predicted octanol–water partition coefficient (Wildman–Crippen LogP) is 13.2. The van der Waals surface area contributed by atoms with Crippen LogP contribution in [0.2, 0.25) is 0 Å². The van der Waals surface area contributed by atoms with Crippen molar-refractivity contribution in [2.45, 2.75) is 320 Å². The topological polar surface area (TPSA) is 149 Å². The molecule has 0 aromatic rings. The molecule has 7 atom stereocenters. The van der Waals surface area contributed by atoms with Gasteiger partial charge in [0.25, 0.3) is 0 Å². The Hall–Kier alpha value is -1.07. The fourth-order valence-electron chi connectivity index (χ4n) is 9.16. The Balaban J connectivity index is 2.24. The molecule has 0 saturated carbocycles. The maximum Gasteiger partial charge on any atom is 0.220 e. The standard InChI is InChI=1S/C55H107NO8/c1-3-5-7-9-11-13-15-17-19-21-23-24-25-27-29-31-33-35-37-39-41-43-45-51(59)56-48(47-63-55-54(62)53(61)52(60)50(46-57)64-55)49(58)44-42-40-38-36-34-32-30-28-26-22-20-18-16-14-12-10-8-6-4-2/h42,44,48-50,52-55,57-58,60-62H,3-41,43,45-47H2,1-2H3,(H,56,59)/b44-42+. The number of ether oxygens (including phenoxy) is 2. The zero-order chi connectivity index (χ0) is 46.6. The third-order valence-corrected chi connectivity index (χ3v) is 13.6. The minimum Gasteiger partial charge on any atom is -0.394 e. The molecule has 1 amide bonds. The molecule has 1 saturated heterocycles. The molecule has 1 aliphatic heterocycles. The summed E-state index contributed by atoms with van der Waals surface area (Å²) in [5.41, 5.74) is 0. The summed E-state index contributed by atoms with van der Waals surface area (Å²) in [5, 5.41) is 54.5. The first-order valence-corrected chi connectivity index (χ1v) is 27.9. The van der Waals surface area contributed by atoms with E-state index >= 15 is 0 Å². The highest BCUT2D eigenvalue weighted by Crippen LogP contribution is 2.23. The van der Waals surface area contributed by atoms with Crippen LogP contribution in [0.1, 0.15) is 277 Å². The molecule has 9 nitrogen and oxygen atoms in total. The van der Waals surface area contributed by atoms with Gasteiger partial charge in [0.2, 0.25) is 5.91 Å². The van der Waals surface area contributed by atoms with E-state index in [2.05, 4.69) is 19.2 Å². The van der Waals surface area contributed by atoms with Crippen LogP contribution < -0.4 is 5.32 Å². The summed E-state index contributed by atoms with van der Waals surface area (Å²) in [5.74, 6) is -0.170. The highest BCUT2D eigenvalue weighted by Gasteiger charge is 2.44. The highest BCUT2D eigenvalue weighted by atomic mass is 16.7. The van der Waals surface area contributed by atoms with Gasteiger partial charge in [-0.05, 0) is 19.3 Å². The average Bonchev–Trinajstić information content (AvgIpc) is 3.29. The van der Waals surface area contributed by atoms with Crippen molar-refractivity contribution in [3.63, 3.8) is 0 Å². The molecule has 0 bridgehead atoms. The van der Waals surface area contributed by atoms with Crippen molar-refractivity contribution in [1.29, 1.82) is 0 Å². The molecule has 7 unspecified atom stereocenters. The van der Waals surface area contributed by atoms with E-state index in [1.165, 1.54) is 218 Å². The van der Waals surface area contributed by atoms with Crippen molar-refractivity contribution >= 4 is 5.91 Å². The van der Waals surface area contributed by atoms with Crippen molar-refractivity contribution in [1.82, 2.24) is 5.32 Å². The van der Waals surface area contributed by atoms with E-state index in [0.29, 0.717) is 6.42 Å². The lowest BCUT2D eigenvalue weighted by atomic mass is 9.99. The molecule has 1 rings (SSSR count).